The Labute approximate surface area is 216 Å². The van der Waals surface area contributed by atoms with Crippen LogP contribution in [0.25, 0.3) is 27.7 Å². The molecular formula is C26H26N10O2. The number of aromatic nitrogens is 8. The molecule has 2 bridgehead atoms. The van der Waals surface area contributed by atoms with E-state index < -0.39 is 0 Å². The lowest BCUT2D eigenvalue weighted by Crippen LogP contribution is -2.46. The Morgan fingerprint density at radius 2 is 1.95 bits per heavy atom. The van der Waals surface area contributed by atoms with Gasteiger partial charge < -0.3 is 10.6 Å². The van der Waals surface area contributed by atoms with Gasteiger partial charge in [-0.15, -0.1) is 0 Å². The number of carbonyl (C=O) groups is 2. The summed E-state index contributed by atoms with van der Waals surface area (Å²) in [6.07, 6.45) is 8.24. The fourth-order valence-corrected chi connectivity index (χ4v) is 6.36. The number of fused-ring (bicyclic) bond motifs is 4. The molecule has 0 saturated carbocycles. The van der Waals surface area contributed by atoms with Crippen LogP contribution >= 0.6 is 0 Å². The lowest BCUT2D eigenvalue weighted by atomic mass is 9.85. The number of hydrogen-bond donors (Lipinski definition) is 2. The molecule has 2 atom stereocenters. The normalized spacial score (nSPS) is 21.0. The number of H-pyrrole nitrogens is 1. The number of Topliss-reactive ketones (excluding diaryl/α,β-unsaturated/α-hetero) is 1. The van der Waals surface area contributed by atoms with Crippen molar-refractivity contribution in [2.45, 2.75) is 50.6 Å². The van der Waals surface area contributed by atoms with Crippen LogP contribution in [0.15, 0.2) is 36.9 Å². The summed E-state index contributed by atoms with van der Waals surface area (Å²) in [5.41, 5.74) is 10.9. The molecule has 0 radical (unpaired) electrons. The van der Waals surface area contributed by atoms with Gasteiger partial charge in [-0.3, -0.25) is 19.4 Å². The fraction of sp³-hybridized carbons (Fsp3) is 0.346. The van der Waals surface area contributed by atoms with E-state index in [1.54, 1.807) is 15.4 Å². The van der Waals surface area contributed by atoms with Crippen LogP contribution in [0.5, 0.6) is 0 Å². The number of benzene rings is 1. The van der Waals surface area contributed by atoms with Gasteiger partial charge in [0.1, 0.15) is 12.1 Å². The van der Waals surface area contributed by atoms with E-state index in [1.807, 2.05) is 36.3 Å². The molecule has 2 saturated heterocycles. The predicted molar refractivity (Wildman–Crippen MR) is 138 cm³/mol. The molecule has 1 aromatic carbocycles. The van der Waals surface area contributed by atoms with E-state index in [4.69, 9.17) is 10.7 Å². The van der Waals surface area contributed by atoms with Crippen molar-refractivity contribution in [2.24, 2.45) is 7.05 Å². The third kappa shape index (κ3) is 3.32. The van der Waals surface area contributed by atoms with Gasteiger partial charge in [0.15, 0.2) is 11.4 Å². The lowest BCUT2D eigenvalue weighted by molar-refractivity contribution is 0.0556. The number of amides is 1. The van der Waals surface area contributed by atoms with Crippen molar-refractivity contribution in [3.63, 3.8) is 0 Å². The number of ketones is 1. The summed E-state index contributed by atoms with van der Waals surface area (Å²) in [6.45, 7) is 1.51. The summed E-state index contributed by atoms with van der Waals surface area (Å²) >= 11 is 0. The lowest BCUT2D eigenvalue weighted by Gasteiger charge is -2.38. The first kappa shape index (κ1) is 22.6. The minimum Gasteiger partial charge on any atom is -0.383 e. The molecule has 12 heteroatoms. The van der Waals surface area contributed by atoms with Crippen molar-refractivity contribution in [3.05, 3.63) is 54.0 Å². The largest absolute Gasteiger partial charge is 0.383 e. The Bertz CT molecular complexity index is 1720. The molecule has 7 rings (SSSR count). The minimum absolute atomic E-state index is 0.0153. The first-order valence-corrected chi connectivity index (χ1v) is 12.7. The standard InChI is InChI=1S/C26H26N10O2/c1-13(37)21-22(16-7-17-5-6-18(8-16)35(17)26(38)24-28-12-29-32-24)31-25-19(10-30-36(25)23(21)27)14-3-4-15-11-34(2)33-20(15)9-14/h3-4,9-12,16-18H,5-8,27H2,1-2H3,(H,28,29,32). The molecule has 2 fully saturated rings. The third-order valence-electron chi connectivity index (χ3n) is 7.97. The summed E-state index contributed by atoms with van der Waals surface area (Å²) in [5.74, 6) is 0.244. The van der Waals surface area contributed by atoms with Crippen molar-refractivity contribution < 1.29 is 9.59 Å². The van der Waals surface area contributed by atoms with Gasteiger partial charge in [-0.1, -0.05) is 12.1 Å². The molecule has 0 aliphatic carbocycles. The highest BCUT2D eigenvalue weighted by Crippen LogP contribution is 2.45. The van der Waals surface area contributed by atoms with Crippen molar-refractivity contribution >= 4 is 34.1 Å². The molecule has 5 aromatic rings. The van der Waals surface area contributed by atoms with Gasteiger partial charge in [0, 0.05) is 42.2 Å². The molecule has 1 amide bonds. The van der Waals surface area contributed by atoms with E-state index in [9.17, 15) is 9.59 Å². The zero-order chi connectivity index (χ0) is 26.1. The van der Waals surface area contributed by atoms with Crippen LogP contribution in [0.2, 0.25) is 0 Å². The predicted octanol–water partition coefficient (Wildman–Crippen LogP) is 2.74. The van der Waals surface area contributed by atoms with Gasteiger partial charge in [-0.25, -0.2) is 9.97 Å². The topological polar surface area (TPSA) is 153 Å². The Hall–Kier alpha value is -4.61. The zero-order valence-electron chi connectivity index (χ0n) is 21.0. The maximum atomic E-state index is 13.1. The van der Waals surface area contributed by atoms with Crippen LogP contribution < -0.4 is 5.73 Å². The Morgan fingerprint density at radius 1 is 1.16 bits per heavy atom. The van der Waals surface area contributed by atoms with Crippen LogP contribution in [0.4, 0.5) is 5.82 Å². The number of piperidine rings is 1. The molecule has 38 heavy (non-hydrogen) atoms. The summed E-state index contributed by atoms with van der Waals surface area (Å²) in [7, 11) is 1.89. The molecule has 0 spiro atoms. The molecule has 2 unspecified atom stereocenters. The van der Waals surface area contributed by atoms with Crippen molar-refractivity contribution in [3.8, 4) is 11.1 Å². The maximum absolute atomic E-state index is 13.1. The van der Waals surface area contributed by atoms with Crippen LogP contribution in [-0.2, 0) is 7.05 Å². The van der Waals surface area contributed by atoms with Gasteiger partial charge in [0.05, 0.1) is 23.0 Å². The monoisotopic (exact) mass is 510 g/mol. The highest BCUT2D eigenvalue weighted by atomic mass is 16.2. The van der Waals surface area contributed by atoms with E-state index in [1.165, 1.54) is 13.3 Å². The van der Waals surface area contributed by atoms with Crippen LogP contribution in [0.1, 0.15) is 65.2 Å². The van der Waals surface area contributed by atoms with Crippen molar-refractivity contribution in [2.75, 3.05) is 5.73 Å². The number of nitrogens with zero attached hydrogens (tertiary/aromatic N) is 8. The highest BCUT2D eigenvalue weighted by Gasteiger charge is 2.45. The number of carbonyl (C=O) groups excluding carboxylic acids is 2. The second-order valence-electron chi connectivity index (χ2n) is 10.3. The Morgan fingerprint density at radius 3 is 2.66 bits per heavy atom. The summed E-state index contributed by atoms with van der Waals surface area (Å²) in [6, 6.07) is 6.12. The Kier molecular flexibility index (Phi) is 4.87. The van der Waals surface area contributed by atoms with Gasteiger partial charge >= 0.3 is 0 Å². The van der Waals surface area contributed by atoms with Gasteiger partial charge in [0.25, 0.3) is 5.91 Å². The highest BCUT2D eigenvalue weighted by molar-refractivity contribution is 6.00. The van der Waals surface area contributed by atoms with Crippen molar-refractivity contribution in [1.29, 1.82) is 0 Å². The van der Waals surface area contributed by atoms with Gasteiger partial charge in [-0.05, 0) is 44.2 Å². The van der Waals surface area contributed by atoms with E-state index in [-0.39, 0.29) is 41.3 Å². The van der Waals surface area contributed by atoms with E-state index in [0.29, 0.717) is 29.7 Å². The molecule has 6 heterocycles. The molecule has 2 aliphatic heterocycles. The second kappa shape index (κ2) is 8.20. The summed E-state index contributed by atoms with van der Waals surface area (Å²) in [5, 5.41) is 16.6. The quantitative estimate of drug-likeness (QED) is 0.350. The number of aryl methyl sites for hydroxylation is 1. The molecule has 2 aliphatic rings. The number of nitrogens with two attached hydrogens (primary N) is 1. The maximum Gasteiger partial charge on any atom is 0.291 e. The smallest absolute Gasteiger partial charge is 0.291 e. The first-order chi connectivity index (χ1) is 18.4. The van der Waals surface area contributed by atoms with Gasteiger partial charge in [-0.2, -0.15) is 19.8 Å². The van der Waals surface area contributed by atoms with E-state index >= 15 is 0 Å². The number of nitrogen functional groups attached to an aromatic ring is 1. The van der Waals surface area contributed by atoms with Crippen molar-refractivity contribution in [1.82, 2.24) is 44.5 Å². The molecule has 3 N–H and O–H groups in total. The van der Waals surface area contributed by atoms with E-state index in [0.717, 1.165) is 34.9 Å². The molecule has 12 nitrogen and oxygen atoms in total. The second-order valence-corrected chi connectivity index (χ2v) is 10.3. The molecular weight excluding hydrogens is 484 g/mol. The first-order valence-electron chi connectivity index (χ1n) is 12.7. The summed E-state index contributed by atoms with van der Waals surface area (Å²) in [4.78, 5) is 37.0. The summed E-state index contributed by atoms with van der Waals surface area (Å²) < 4.78 is 3.33. The molecule has 192 valence electrons. The average molecular weight is 511 g/mol. The number of aromatic amines is 1. The van der Waals surface area contributed by atoms with Gasteiger partial charge in [0.2, 0.25) is 5.82 Å². The Balaban J connectivity index is 1.31. The zero-order valence-corrected chi connectivity index (χ0v) is 21.0. The van der Waals surface area contributed by atoms with Crippen LogP contribution in [0, 0.1) is 0 Å². The number of hydrogen-bond acceptors (Lipinski definition) is 8. The van der Waals surface area contributed by atoms with Crippen LogP contribution in [0.3, 0.4) is 0 Å². The number of anilines is 1. The SMILES string of the molecule is CC(=O)c1c(C2CC3CCC(C2)N3C(=O)c2ncn[nH]2)nc2c(-c3ccc4cn(C)nc4c3)cnn2c1N. The van der Waals surface area contributed by atoms with Crippen LogP contribution in [-0.4, -0.2) is 68.2 Å². The molecule has 4 aromatic heterocycles. The third-order valence-corrected chi connectivity index (χ3v) is 7.97. The number of rotatable bonds is 4. The van der Waals surface area contributed by atoms with E-state index in [2.05, 4.69) is 25.4 Å². The average Bonchev–Trinajstić information content (AvgIpc) is 3.68. The number of nitrogens with one attached hydrogen (secondary N) is 1. The minimum atomic E-state index is -0.147. The fourth-order valence-electron chi connectivity index (χ4n) is 6.36.